The third kappa shape index (κ3) is 5.84. The number of nitrogens with zero attached hydrogens (tertiary/aromatic N) is 2. The number of rotatable bonds is 7. The molecule has 2 aliphatic rings. The van der Waals surface area contributed by atoms with Gasteiger partial charge < -0.3 is 24.6 Å². The smallest absolute Gasteiger partial charge is 0.348 e. The molecule has 204 valence electrons. The van der Waals surface area contributed by atoms with Crippen LogP contribution < -0.4 is 15.3 Å². The van der Waals surface area contributed by atoms with E-state index in [1.807, 2.05) is 0 Å². The van der Waals surface area contributed by atoms with Gasteiger partial charge in [0.1, 0.15) is 5.56 Å². The summed E-state index contributed by atoms with van der Waals surface area (Å²) < 4.78 is 51.0. The standard InChI is InChI=1S/C25H37N4O6PS/c1-25(2,3)13-14-29-21(16-9-7-6-8-10-16)22(30)20(24(29)31)23-26-18-12-11-17(28-37(5,33)34)15-19(18)36(32,27-23)35-4/h11-12,15-16,28,30-31H,6-10,13-14H2,1-5H3,(H,26,27,32). The maximum atomic E-state index is 13.8. The monoisotopic (exact) mass is 552 g/mol. The van der Waals surface area contributed by atoms with Crippen molar-refractivity contribution in [3.05, 3.63) is 29.5 Å². The summed E-state index contributed by atoms with van der Waals surface area (Å²) in [4.78, 5) is 0. The molecule has 1 aliphatic carbocycles. The van der Waals surface area contributed by atoms with Crippen molar-refractivity contribution in [2.45, 2.75) is 71.8 Å². The number of sulfonamides is 1. The Morgan fingerprint density at radius 2 is 1.89 bits per heavy atom. The van der Waals surface area contributed by atoms with Gasteiger partial charge in [-0.25, -0.2) is 8.42 Å². The number of nitrogens with one attached hydrogen (secondary N) is 2. The average molecular weight is 553 g/mol. The third-order valence-corrected chi connectivity index (χ3v) is 9.44. The van der Waals surface area contributed by atoms with Crippen LogP contribution in [0.15, 0.2) is 23.0 Å². The van der Waals surface area contributed by atoms with E-state index in [1.54, 1.807) is 10.6 Å². The molecule has 37 heavy (non-hydrogen) atoms. The first-order valence-electron chi connectivity index (χ1n) is 12.5. The van der Waals surface area contributed by atoms with Gasteiger partial charge in [-0.1, -0.05) is 40.0 Å². The van der Waals surface area contributed by atoms with E-state index in [9.17, 15) is 23.2 Å². The molecule has 1 unspecified atom stereocenters. The molecule has 1 fully saturated rings. The van der Waals surface area contributed by atoms with Crippen LogP contribution in [0.5, 0.6) is 11.6 Å². The summed E-state index contributed by atoms with van der Waals surface area (Å²) in [6.45, 7) is 6.89. The number of fused-ring (bicyclic) bond motifs is 1. The zero-order valence-electron chi connectivity index (χ0n) is 22.0. The van der Waals surface area contributed by atoms with Gasteiger partial charge in [0.15, 0.2) is 11.6 Å². The summed E-state index contributed by atoms with van der Waals surface area (Å²) in [7, 11) is -6.15. The summed E-state index contributed by atoms with van der Waals surface area (Å²) in [6.07, 6.45) is 6.90. The number of aromatic nitrogens is 1. The van der Waals surface area contributed by atoms with Crippen molar-refractivity contribution in [2.75, 3.05) is 23.4 Å². The highest BCUT2D eigenvalue weighted by Gasteiger charge is 2.38. The Kier molecular flexibility index (Phi) is 7.44. The van der Waals surface area contributed by atoms with Gasteiger partial charge in [-0.3, -0.25) is 9.29 Å². The molecule has 1 aliphatic heterocycles. The van der Waals surface area contributed by atoms with Crippen molar-refractivity contribution in [2.24, 2.45) is 10.2 Å². The van der Waals surface area contributed by atoms with E-state index >= 15 is 0 Å². The van der Waals surface area contributed by atoms with Crippen molar-refractivity contribution < 1.29 is 27.7 Å². The number of amidine groups is 1. The highest BCUT2D eigenvalue weighted by Crippen LogP contribution is 2.53. The number of aromatic hydroxyl groups is 2. The van der Waals surface area contributed by atoms with Crippen LogP contribution in [0.25, 0.3) is 0 Å². The Bertz CT molecular complexity index is 1370. The lowest BCUT2D eigenvalue weighted by molar-refractivity contribution is 0.318. The lowest BCUT2D eigenvalue weighted by Crippen LogP contribution is -2.26. The van der Waals surface area contributed by atoms with E-state index in [-0.39, 0.29) is 45.4 Å². The molecule has 1 saturated carbocycles. The number of benzene rings is 1. The molecule has 0 radical (unpaired) electrons. The van der Waals surface area contributed by atoms with Crippen LogP contribution >= 0.6 is 7.52 Å². The van der Waals surface area contributed by atoms with Crippen molar-refractivity contribution in [1.29, 1.82) is 0 Å². The van der Waals surface area contributed by atoms with Gasteiger partial charge in [-0.05, 0) is 42.9 Å². The lowest BCUT2D eigenvalue weighted by Gasteiger charge is -2.25. The van der Waals surface area contributed by atoms with E-state index in [4.69, 9.17) is 4.52 Å². The molecule has 1 aromatic carbocycles. The highest BCUT2D eigenvalue weighted by atomic mass is 32.2. The average Bonchev–Trinajstić information content (AvgIpc) is 3.06. The van der Waals surface area contributed by atoms with Crippen molar-refractivity contribution >= 4 is 40.1 Å². The Morgan fingerprint density at radius 1 is 1.22 bits per heavy atom. The minimum absolute atomic E-state index is 0.0132. The fourth-order valence-corrected chi connectivity index (χ4v) is 7.12. The maximum absolute atomic E-state index is 13.8. The molecule has 1 aromatic heterocycles. The Morgan fingerprint density at radius 3 is 2.49 bits per heavy atom. The molecule has 0 bridgehead atoms. The second-order valence-corrected chi connectivity index (χ2v) is 14.9. The fourth-order valence-electron chi connectivity index (χ4n) is 5.03. The molecule has 1 atom stereocenters. The predicted molar refractivity (Wildman–Crippen MR) is 147 cm³/mol. The topological polar surface area (TPSA) is 142 Å². The van der Waals surface area contributed by atoms with Crippen LogP contribution in [0.2, 0.25) is 0 Å². The van der Waals surface area contributed by atoms with Gasteiger partial charge in [0, 0.05) is 25.3 Å². The van der Waals surface area contributed by atoms with E-state index in [1.165, 1.54) is 19.2 Å². The molecule has 2 heterocycles. The summed E-state index contributed by atoms with van der Waals surface area (Å²) in [5.74, 6) is -0.0483. The van der Waals surface area contributed by atoms with Gasteiger partial charge in [-0.15, -0.1) is 0 Å². The maximum Gasteiger partial charge on any atom is 0.348 e. The molecule has 0 amide bonds. The molecule has 10 nitrogen and oxygen atoms in total. The summed E-state index contributed by atoms with van der Waals surface area (Å²) >= 11 is 0. The normalized spacial score (nSPS) is 20.7. The van der Waals surface area contributed by atoms with Crippen molar-refractivity contribution in [3.8, 4) is 11.6 Å². The molecular formula is C25H37N4O6PS. The predicted octanol–water partition coefficient (Wildman–Crippen LogP) is 5.09. The van der Waals surface area contributed by atoms with E-state index in [0.29, 0.717) is 17.9 Å². The molecule has 0 saturated heterocycles. The molecular weight excluding hydrogens is 515 g/mol. The Hall–Kier alpha value is -2.49. The summed E-state index contributed by atoms with van der Waals surface area (Å²) in [6, 6.07) is 4.50. The van der Waals surface area contributed by atoms with Crippen LogP contribution in [0.1, 0.15) is 76.5 Å². The minimum atomic E-state index is -3.86. The van der Waals surface area contributed by atoms with Gasteiger partial charge >= 0.3 is 7.52 Å². The van der Waals surface area contributed by atoms with Crippen LogP contribution in [0, 0.1) is 5.41 Å². The van der Waals surface area contributed by atoms with Crippen LogP contribution in [-0.2, 0) is 25.7 Å². The van der Waals surface area contributed by atoms with Crippen LogP contribution in [0.3, 0.4) is 0 Å². The van der Waals surface area contributed by atoms with E-state index in [0.717, 1.165) is 44.8 Å². The highest BCUT2D eigenvalue weighted by molar-refractivity contribution is 7.92. The second-order valence-electron chi connectivity index (χ2n) is 11.1. The Labute approximate surface area is 218 Å². The van der Waals surface area contributed by atoms with E-state index in [2.05, 4.69) is 35.6 Å². The first-order valence-corrected chi connectivity index (χ1v) is 16.0. The Balaban J connectivity index is 1.82. The first kappa shape index (κ1) is 27.5. The minimum Gasteiger partial charge on any atom is -0.505 e. The van der Waals surface area contributed by atoms with Crippen LogP contribution in [-0.4, -0.2) is 42.4 Å². The molecule has 2 aromatic rings. The van der Waals surface area contributed by atoms with Crippen molar-refractivity contribution in [3.63, 3.8) is 0 Å². The number of hydrogen-bond acceptors (Lipinski definition) is 7. The number of hydrogen-bond donors (Lipinski definition) is 4. The van der Waals surface area contributed by atoms with Gasteiger partial charge in [0.25, 0.3) is 0 Å². The third-order valence-electron chi connectivity index (χ3n) is 6.90. The summed E-state index contributed by atoms with van der Waals surface area (Å²) in [5.41, 5.74) is 1.40. The largest absolute Gasteiger partial charge is 0.505 e. The van der Waals surface area contributed by atoms with Crippen molar-refractivity contribution in [1.82, 2.24) is 4.57 Å². The van der Waals surface area contributed by atoms with E-state index < -0.39 is 17.5 Å². The number of anilines is 2. The molecule has 0 spiro atoms. The van der Waals surface area contributed by atoms with Gasteiger partial charge in [-0.2, -0.15) is 4.76 Å². The fraction of sp³-hybridized carbons (Fsp3) is 0.560. The quantitative estimate of drug-likeness (QED) is 0.350. The SMILES string of the molecule is COP1(=O)N=C(c2c(O)c(C3CCCCC3)n(CCC(C)(C)C)c2O)Nc2ccc(NS(C)(=O)=O)cc21. The van der Waals surface area contributed by atoms with Gasteiger partial charge in [0.2, 0.25) is 15.9 Å². The van der Waals surface area contributed by atoms with Crippen LogP contribution in [0.4, 0.5) is 11.4 Å². The zero-order chi connectivity index (χ0) is 27.2. The molecule has 12 heteroatoms. The van der Waals surface area contributed by atoms with Gasteiger partial charge in [0.05, 0.1) is 22.9 Å². The lowest BCUT2D eigenvalue weighted by atomic mass is 9.86. The second kappa shape index (κ2) is 10.0. The summed E-state index contributed by atoms with van der Waals surface area (Å²) in [5, 5.41) is 26.1. The molecule has 4 N–H and O–H groups in total. The first-order chi connectivity index (χ1) is 17.2. The zero-order valence-corrected chi connectivity index (χ0v) is 23.7. The molecule has 4 rings (SSSR count).